The van der Waals surface area contributed by atoms with Gasteiger partial charge < -0.3 is 28.8 Å². The molecule has 0 atom stereocenters. The van der Waals surface area contributed by atoms with Crippen LogP contribution in [0, 0.1) is 0 Å². The number of carbonyl (C=O) groups is 1. The van der Waals surface area contributed by atoms with E-state index in [1.54, 1.807) is 12.1 Å². The molecule has 0 bridgehead atoms. The van der Waals surface area contributed by atoms with E-state index in [4.69, 9.17) is 23.9 Å². The minimum atomic E-state index is -0.268. The number of hydrogen-bond donors (Lipinski definition) is 1. The van der Waals surface area contributed by atoms with E-state index in [0.717, 1.165) is 29.0 Å². The number of ether oxygens (including phenoxy) is 4. The van der Waals surface area contributed by atoms with Crippen LogP contribution >= 0.6 is 0 Å². The van der Waals surface area contributed by atoms with Crippen molar-refractivity contribution in [2.75, 3.05) is 27.9 Å². The first-order valence-corrected chi connectivity index (χ1v) is 12.7. The molecule has 1 N–H and O–H groups in total. The fraction of sp³-hybridized carbons (Fsp3) is 0.333. The molecule has 1 amide bonds. The number of fused-ring (bicyclic) bond motifs is 1. The van der Waals surface area contributed by atoms with Crippen molar-refractivity contribution in [1.82, 2.24) is 14.9 Å². The Morgan fingerprint density at radius 1 is 0.947 bits per heavy atom. The Morgan fingerprint density at radius 2 is 1.63 bits per heavy atom. The van der Waals surface area contributed by atoms with Crippen LogP contribution < -0.4 is 24.3 Å². The van der Waals surface area contributed by atoms with Gasteiger partial charge in [-0.25, -0.2) is 4.98 Å². The fourth-order valence-electron chi connectivity index (χ4n) is 4.35. The van der Waals surface area contributed by atoms with Crippen LogP contribution in [0.2, 0.25) is 0 Å². The molecule has 4 rings (SSSR count). The number of nitrogens with one attached hydrogen (secondary N) is 1. The van der Waals surface area contributed by atoms with Crippen molar-refractivity contribution in [1.29, 1.82) is 0 Å². The number of rotatable bonds is 12. The molecule has 0 aliphatic carbocycles. The van der Waals surface area contributed by atoms with Crippen molar-refractivity contribution in [2.45, 2.75) is 39.3 Å². The zero-order valence-corrected chi connectivity index (χ0v) is 22.6. The van der Waals surface area contributed by atoms with Crippen LogP contribution in [0.25, 0.3) is 11.0 Å². The van der Waals surface area contributed by atoms with Crippen molar-refractivity contribution in [3.05, 3.63) is 77.6 Å². The highest BCUT2D eigenvalue weighted by Crippen LogP contribution is 2.38. The molecule has 8 nitrogen and oxygen atoms in total. The summed E-state index contributed by atoms with van der Waals surface area (Å²) in [5.41, 5.74) is 3.60. The topological polar surface area (TPSA) is 83.8 Å². The molecule has 0 aliphatic heterocycles. The summed E-state index contributed by atoms with van der Waals surface area (Å²) in [6, 6.07) is 19.5. The van der Waals surface area contributed by atoms with Crippen LogP contribution in [0.5, 0.6) is 23.0 Å². The summed E-state index contributed by atoms with van der Waals surface area (Å²) in [6.07, 6.45) is 0.792. The summed E-state index contributed by atoms with van der Waals surface area (Å²) in [5, 5.41) is 2.98. The summed E-state index contributed by atoms with van der Waals surface area (Å²) in [5.74, 6) is 3.14. The average molecular weight is 518 g/mol. The maximum absolute atomic E-state index is 13.0. The number of nitrogens with zero attached hydrogens (tertiary/aromatic N) is 2. The first kappa shape index (κ1) is 26.9. The van der Waals surface area contributed by atoms with Gasteiger partial charge in [0.05, 0.1) is 45.5 Å². The third kappa shape index (κ3) is 6.02. The van der Waals surface area contributed by atoms with Gasteiger partial charge in [-0.2, -0.15) is 0 Å². The molecule has 0 unspecified atom stereocenters. The van der Waals surface area contributed by atoms with Crippen molar-refractivity contribution >= 4 is 16.9 Å². The zero-order valence-electron chi connectivity index (χ0n) is 22.6. The van der Waals surface area contributed by atoms with Crippen molar-refractivity contribution in [3.8, 4) is 23.0 Å². The van der Waals surface area contributed by atoms with E-state index in [1.807, 2.05) is 36.4 Å². The summed E-state index contributed by atoms with van der Waals surface area (Å²) in [6.45, 7) is 5.90. The summed E-state index contributed by atoms with van der Waals surface area (Å²) < 4.78 is 24.2. The second kappa shape index (κ2) is 12.4. The smallest absolute Gasteiger partial charge is 0.251 e. The minimum absolute atomic E-state index is 0.266. The van der Waals surface area contributed by atoms with E-state index < -0.39 is 0 Å². The first-order valence-electron chi connectivity index (χ1n) is 12.7. The number of hydrogen-bond acceptors (Lipinski definition) is 6. The van der Waals surface area contributed by atoms with E-state index in [-0.39, 0.29) is 12.5 Å². The lowest BCUT2D eigenvalue weighted by Gasteiger charge is -2.14. The van der Waals surface area contributed by atoms with Gasteiger partial charge >= 0.3 is 0 Å². The molecule has 1 aromatic heterocycles. The Bertz CT molecular complexity index is 1350. The largest absolute Gasteiger partial charge is 0.494 e. The van der Waals surface area contributed by atoms with E-state index in [9.17, 15) is 4.79 Å². The van der Waals surface area contributed by atoms with E-state index in [2.05, 4.69) is 35.9 Å². The monoisotopic (exact) mass is 517 g/mol. The van der Waals surface area contributed by atoms with Crippen molar-refractivity contribution in [3.63, 3.8) is 0 Å². The maximum atomic E-state index is 13.0. The van der Waals surface area contributed by atoms with Gasteiger partial charge in [0.25, 0.3) is 5.91 Å². The van der Waals surface area contributed by atoms with Crippen LogP contribution in [-0.2, 0) is 13.1 Å². The maximum Gasteiger partial charge on any atom is 0.251 e. The third-order valence-corrected chi connectivity index (χ3v) is 6.41. The Morgan fingerprint density at radius 3 is 2.26 bits per heavy atom. The van der Waals surface area contributed by atoms with E-state index in [0.29, 0.717) is 41.9 Å². The number of methoxy groups -OCH3 is 3. The molecule has 0 spiro atoms. The van der Waals surface area contributed by atoms with Crippen molar-refractivity contribution in [2.24, 2.45) is 0 Å². The number of aryl methyl sites for hydroxylation is 1. The lowest BCUT2D eigenvalue weighted by molar-refractivity contribution is 0.0948. The average Bonchev–Trinajstić information content (AvgIpc) is 3.30. The molecule has 0 aliphatic rings. The Balaban J connectivity index is 1.44. The van der Waals surface area contributed by atoms with Crippen LogP contribution in [0.15, 0.2) is 60.7 Å². The zero-order chi connectivity index (χ0) is 27.1. The molecule has 38 heavy (non-hydrogen) atoms. The molecular formula is C30H35N3O5. The van der Waals surface area contributed by atoms with E-state index in [1.165, 1.54) is 26.9 Å². The van der Waals surface area contributed by atoms with Gasteiger partial charge in [0.15, 0.2) is 11.5 Å². The van der Waals surface area contributed by atoms with Gasteiger partial charge in [0.2, 0.25) is 5.75 Å². The highest BCUT2D eigenvalue weighted by molar-refractivity contribution is 5.95. The van der Waals surface area contributed by atoms with Gasteiger partial charge in [-0.05, 0) is 54.3 Å². The summed E-state index contributed by atoms with van der Waals surface area (Å²) >= 11 is 0. The van der Waals surface area contributed by atoms with Gasteiger partial charge in [-0.1, -0.05) is 38.1 Å². The lowest BCUT2D eigenvalue weighted by atomic mass is 10.0. The number of carbonyl (C=O) groups excluding carboxylic acids is 1. The Kier molecular flexibility index (Phi) is 8.73. The molecule has 0 saturated heterocycles. The van der Waals surface area contributed by atoms with Crippen molar-refractivity contribution < 1.29 is 23.7 Å². The third-order valence-electron chi connectivity index (χ3n) is 6.41. The number of aromatic nitrogens is 2. The molecular weight excluding hydrogens is 482 g/mol. The quantitative estimate of drug-likeness (QED) is 0.247. The highest BCUT2D eigenvalue weighted by Gasteiger charge is 2.18. The molecule has 0 saturated carbocycles. The number of imidazole rings is 1. The molecule has 0 radical (unpaired) electrons. The molecule has 8 heteroatoms. The SMILES string of the molecule is COc1cc(C(=O)NCc2nc3ccccc3n2CCCOc2ccc(C(C)C)cc2)cc(OC)c1OC. The van der Waals surface area contributed by atoms with Crippen LogP contribution in [-0.4, -0.2) is 43.4 Å². The van der Waals surface area contributed by atoms with Gasteiger partial charge in [0, 0.05) is 12.1 Å². The highest BCUT2D eigenvalue weighted by atomic mass is 16.5. The second-order valence-electron chi connectivity index (χ2n) is 9.19. The second-order valence-corrected chi connectivity index (χ2v) is 9.19. The summed E-state index contributed by atoms with van der Waals surface area (Å²) in [4.78, 5) is 17.8. The predicted octanol–water partition coefficient (Wildman–Crippen LogP) is 5.58. The first-order chi connectivity index (χ1) is 18.4. The molecule has 4 aromatic rings. The Labute approximate surface area is 223 Å². The molecule has 1 heterocycles. The lowest BCUT2D eigenvalue weighted by Crippen LogP contribution is -2.25. The molecule has 0 fully saturated rings. The Hall–Kier alpha value is -4.20. The standard InChI is InChI=1S/C30H35N3O5/c1-20(2)21-11-13-23(14-12-21)38-16-8-15-33-25-10-7-6-9-24(25)32-28(33)19-31-30(34)22-17-26(35-3)29(37-5)27(18-22)36-4/h6-7,9-14,17-18,20H,8,15-16,19H2,1-5H3,(H,31,34). The molecule has 200 valence electrons. The number of benzene rings is 3. The number of amides is 1. The summed E-state index contributed by atoms with van der Waals surface area (Å²) in [7, 11) is 4.57. The van der Waals surface area contributed by atoms with Crippen LogP contribution in [0.4, 0.5) is 0 Å². The van der Waals surface area contributed by atoms with Crippen LogP contribution in [0.3, 0.4) is 0 Å². The predicted molar refractivity (Wildman–Crippen MR) is 148 cm³/mol. The van der Waals surface area contributed by atoms with Crippen LogP contribution in [0.1, 0.15) is 47.9 Å². The normalized spacial score (nSPS) is 11.0. The number of para-hydroxylation sites is 2. The fourth-order valence-corrected chi connectivity index (χ4v) is 4.35. The molecule has 3 aromatic carbocycles. The van der Waals surface area contributed by atoms with E-state index >= 15 is 0 Å². The van der Waals surface area contributed by atoms with Gasteiger partial charge in [-0.15, -0.1) is 0 Å². The minimum Gasteiger partial charge on any atom is -0.494 e. The van der Waals surface area contributed by atoms with Gasteiger partial charge in [-0.3, -0.25) is 4.79 Å². The van der Waals surface area contributed by atoms with Gasteiger partial charge in [0.1, 0.15) is 11.6 Å².